The molecule has 0 fully saturated rings. The number of benzene rings is 1. The van der Waals surface area contributed by atoms with E-state index in [2.05, 4.69) is 10.1 Å². The quantitative estimate of drug-likeness (QED) is 0.855. The highest BCUT2D eigenvalue weighted by molar-refractivity contribution is 5.92. The molecule has 0 bridgehead atoms. The zero-order chi connectivity index (χ0) is 12.1. The van der Waals surface area contributed by atoms with E-state index < -0.39 is 5.82 Å². The second-order valence-corrected chi connectivity index (χ2v) is 3.84. The van der Waals surface area contributed by atoms with Crippen molar-refractivity contribution in [2.24, 2.45) is 0 Å². The smallest absolute Gasteiger partial charge is 0.250 e. The third-order valence-electron chi connectivity index (χ3n) is 2.21. The topological polar surface area (TPSA) is 38.3 Å². The third-order valence-corrected chi connectivity index (χ3v) is 2.21. The number of methoxy groups -OCH3 is 1. The fourth-order valence-electron chi connectivity index (χ4n) is 1.46. The number of hydrogen-bond donors (Lipinski definition) is 1. The van der Waals surface area contributed by atoms with Crippen molar-refractivity contribution in [3.8, 4) is 0 Å². The van der Waals surface area contributed by atoms with Gasteiger partial charge in [-0.1, -0.05) is 26.0 Å². The van der Waals surface area contributed by atoms with Crippen LogP contribution < -0.4 is 5.32 Å². The Morgan fingerprint density at radius 1 is 1.50 bits per heavy atom. The van der Waals surface area contributed by atoms with E-state index in [1.807, 2.05) is 13.8 Å². The molecule has 0 aromatic heterocycles. The fraction of sp³-hybridized carbons (Fsp3) is 0.417. The molecule has 0 saturated heterocycles. The Bertz CT molecular complexity index is 377. The Hall–Kier alpha value is -1.42. The lowest BCUT2D eigenvalue weighted by molar-refractivity contribution is -0.119. The first-order valence-electron chi connectivity index (χ1n) is 5.13. The molecule has 88 valence electrons. The van der Waals surface area contributed by atoms with Gasteiger partial charge < -0.3 is 10.1 Å². The van der Waals surface area contributed by atoms with Gasteiger partial charge >= 0.3 is 0 Å². The summed E-state index contributed by atoms with van der Waals surface area (Å²) in [4.78, 5) is 11.3. The minimum atomic E-state index is -0.421. The molecule has 1 aromatic rings. The molecule has 0 saturated carbocycles. The number of anilines is 1. The number of para-hydroxylation sites is 1. The molecule has 16 heavy (non-hydrogen) atoms. The number of carbonyl (C=O) groups is 1. The van der Waals surface area contributed by atoms with Crippen molar-refractivity contribution in [2.45, 2.75) is 19.8 Å². The van der Waals surface area contributed by atoms with Crippen molar-refractivity contribution in [3.05, 3.63) is 29.6 Å². The molecule has 1 amide bonds. The number of ether oxygens (including phenoxy) is 1. The molecular weight excluding hydrogens is 209 g/mol. The van der Waals surface area contributed by atoms with Crippen LogP contribution in [0.4, 0.5) is 10.1 Å². The summed E-state index contributed by atoms with van der Waals surface area (Å²) in [5.74, 6) is -0.626. The van der Waals surface area contributed by atoms with Gasteiger partial charge in [0.2, 0.25) is 5.91 Å². The standard InChI is InChI=1S/C12H16FNO2/c1-8(2)9-5-4-6-10(13)12(9)14-11(15)7-16-3/h4-6,8H,7H2,1-3H3,(H,14,15). The minimum Gasteiger partial charge on any atom is -0.375 e. The number of rotatable bonds is 4. The number of amides is 1. The van der Waals surface area contributed by atoms with Crippen LogP contribution in [0.2, 0.25) is 0 Å². The lowest BCUT2D eigenvalue weighted by Gasteiger charge is -2.14. The van der Waals surface area contributed by atoms with E-state index in [9.17, 15) is 9.18 Å². The van der Waals surface area contributed by atoms with Gasteiger partial charge in [0.05, 0.1) is 5.69 Å². The lowest BCUT2D eigenvalue weighted by Crippen LogP contribution is -2.19. The van der Waals surface area contributed by atoms with Gasteiger partial charge in [0.1, 0.15) is 12.4 Å². The van der Waals surface area contributed by atoms with Crippen LogP contribution in [0.25, 0.3) is 0 Å². The molecule has 0 radical (unpaired) electrons. The van der Waals surface area contributed by atoms with Crippen molar-refractivity contribution in [1.29, 1.82) is 0 Å². The van der Waals surface area contributed by atoms with Crippen molar-refractivity contribution < 1.29 is 13.9 Å². The second kappa shape index (κ2) is 5.61. The Kier molecular flexibility index (Phi) is 4.43. The van der Waals surface area contributed by atoms with Gasteiger partial charge in [-0.15, -0.1) is 0 Å². The van der Waals surface area contributed by atoms with Gasteiger partial charge in [0.15, 0.2) is 0 Å². The number of carbonyl (C=O) groups excluding carboxylic acids is 1. The van der Waals surface area contributed by atoms with Gasteiger partial charge in [-0.25, -0.2) is 4.39 Å². The van der Waals surface area contributed by atoms with Gasteiger partial charge in [-0.2, -0.15) is 0 Å². The zero-order valence-corrected chi connectivity index (χ0v) is 9.71. The van der Waals surface area contributed by atoms with E-state index in [-0.39, 0.29) is 24.1 Å². The van der Waals surface area contributed by atoms with Crippen molar-refractivity contribution in [1.82, 2.24) is 0 Å². The second-order valence-electron chi connectivity index (χ2n) is 3.84. The van der Waals surface area contributed by atoms with E-state index in [4.69, 9.17) is 0 Å². The summed E-state index contributed by atoms with van der Waals surface area (Å²) in [6.07, 6.45) is 0. The van der Waals surface area contributed by atoms with Gasteiger partial charge in [0.25, 0.3) is 0 Å². The fourth-order valence-corrected chi connectivity index (χ4v) is 1.46. The Morgan fingerprint density at radius 2 is 2.19 bits per heavy atom. The predicted octanol–water partition coefficient (Wildman–Crippen LogP) is 2.53. The highest BCUT2D eigenvalue weighted by Gasteiger charge is 2.13. The maximum atomic E-state index is 13.6. The average Bonchev–Trinajstić information content (AvgIpc) is 2.21. The predicted molar refractivity (Wildman–Crippen MR) is 61.0 cm³/mol. The number of nitrogens with one attached hydrogen (secondary N) is 1. The van der Waals surface area contributed by atoms with Gasteiger partial charge in [0, 0.05) is 7.11 Å². The Labute approximate surface area is 94.6 Å². The molecule has 0 unspecified atom stereocenters. The van der Waals surface area contributed by atoms with Crippen molar-refractivity contribution >= 4 is 11.6 Å². The normalized spacial score (nSPS) is 10.6. The van der Waals surface area contributed by atoms with Crippen LogP contribution in [0, 0.1) is 5.82 Å². The molecular formula is C12H16FNO2. The van der Waals surface area contributed by atoms with E-state index in [0.717, 1.165) is 5.56 Å². The van der Waals surface area contributed by atoms with E-state index in [0.29, 0.717) is 0 Å². The van der Waals surface area contributed by atoms with E-state index in [1.165, 1.54) is 13.2 Å². The monoisotopic (exact) mass is 225 g/mol. The molecule has 0 spiro atoms. The van der Waals surface area contributed by atoms with Crippen molar-refractivity contribution in [3.63, 3.8) is 0 Å². The van der Waals surface area contributed by atoms with Gasteiger partial charge in [-0.05, 0) is 17.5 Å². The van der Waals surface area contributed by atoms with E-state index >= 15 is 0 Å². The molecule has 1 N–H and O–H groups in total. The molecule has 0 aliphatic carbocycles. The third kappa shape index (κ3) is 3.03. The molecule has 3 nitrogen and oxygen atoms in total. The zero-order valence-electron chi connectivity index (χ0n) is 9.71. The molecule has 0 atom stereocenters. The molecule has 1 rings (SSSR count). The summed E-state index contributed by atoms with van der Waals surface area (Å²) in [5, 5.41) is 2.52. The molecule has 1 aromatic carbocycles. The van der Waals surface area contributed by atoms with Gasteiger partial charge in [-0.3, -0.25) is 4.79 Å². The maximum Gasteiger partial charge on any atom is 0.250 e. The Balaban J connectivity index is 2.97. The van der Waals surface area contributed by atoms with Crippen LogP contribution >= 0.6 is 0 Å². The summed E-state index contributed by atoms with van der Waals surface area (Å²) in [5.41, 5.74) is 1.03. The van der Waals surface area contributed by atoms with Crippen LogP contribution in [0.15, 0.2) is 18.2 Å². The van der Waals surface area contributed by atoms with Crippen LogP contribution in [0.3, 0.4) is 0 Å². The number of halogens is 1. The summed E-state index contributed by atoms with van der Waals surface area (Å²) in [6.45, 7) is 3.81. The van der Waals surface area contributed by atoms with E-state index in [1.54, 1.807) is 12.1 Å². The highest BCUT2D eigenvalue weighted by atomic mass is 19.1. The highest BCUT2D eigenvalue weighted by Crippen LogP contribution is 2.26. The summed E-state index contributed by atoms with van der Waals surface area (Å²) < 4.78 is 18.2. The first-order valence-corrected chi connectivity index (χ1v) is 5.13. The SMILES string of the molecule is COCC(=O)Nc1c(F)cccc1C(C)C. The minimum absolute atomic E-state index is 0.0775. The molecule has 0 heterocycles. The largest absolute Gasteiger partial charge is 0.375 e. The van der Waals surface area contributed by atoms with Crippen molar-refractivity contribution in [2.75, 3.05) is 19.0 Å². The maximum absolute atomic E-state index is 13.6. The molecule has 0 aliphatic rings. The lowest BCUT2D eigenvalue weighted by atomic mass is 10.0. The summed E-state index contributed by atoms with van der Waals surface area (Å²) in [6, 6.07) is 4.76. The van der Waals surface area contributed by atoms with Crippen LogP contribution in [-0.4, -0.2) is 19.6 Å². The first-order chi connectivity index (χ1) is 7.56. The summed E-state index contributed by atoms with van der Waals surface area (Å²) in [7, 11) is 1.42. The first kappa shape index (κ1) is 12.6. The Morgan fingerprint density at radius 3 is 2.75 bits per heavy atom. The van der Waals surface area contributed by atoms with Crippen LogP contribution in [0.1, 0.15) is 25.3 Å². The summed E-state index contributed by atoms with van der Waals surface area (Å²) >= 11 is 0. The average molecular weight is 225 g/mol. The molecule has 4 heteroatoms. The number of hydrogen-bond acceptors (Lipinski definition) is 2. The van der Waals surface area contributed by atoms with Crippen LogP contribution in [0.5, 0.6) is 0 Å². The molecule has 0 aliphatic heterocycles. The van der Waals surface area contributed by atoms with Crippen LogP contribution in [-0.2, 0) is 9.53 Å².